The molecule has 3 rings (SSSR count). The van der Waals surface area contributed by atoms with Crippen LogP contribution in [0.5, 0.6) is 5.75 Å². The van der Waals surface area contributed by atoms with Crippen molar-refractivity contribution in [2.45, 2.75) is 38.3 Å². The lowest BCUT2D eigenvalue weighted by Gasteiger charge is -2.27. The average molecular weight is 353 g/mol. The molecule has 0 fully saturated rings. The Morgan fingerprint density at radius 3 is 2.65 bits per heavy atom. The van der Waals surface area contributed by atoms with Gasteiger partial charge in [-0.2, -0.15) is 0 Å². The summed E-state index contributed by atoms with van der Waals surface area (Å²) >= 11 is 0. The number of esters is 1. The smallest absolute Gasteiger partial charge is 0.344 e. The molecule has 1 aliphatic rings. The molecule has 1 aliphatic carbocycles. The summed E-state index contributed by atoms with van der Waals surface area (Å²) in [4.78, 5) is 24.3. The zero-order valence-electron chi connectivity index (χ0n) is 14.8. The van der Waals surface area contributed by atoms with Gasteiger partial charge in [-0.3, -0.25) is 4.79 Å². The van der Waals surface area contributed by atoms with Crippen LogP contribution in [0.1, 0.15) is 36.9 Å². The van der Waals surface area contributed by atoms with Crippen LogP contribution in [0, 0.1) is 0 Å². The maximum atomic E-state index is 12.4. The minimum absolute atomic E-state index is 0.0332. The molecule has 0 saturated carbocycles. The summed E-state index contributed by atoms with van der Waals surface area (Å²) in [5, 5.41) is 3.00. The standard InChI is InChI=1S/C21H23NO4/c1-15(26-20(23)14-25-17-10-3-2-4-11-17)21(24)22-19-13-7-9-16-8-5-6-12-18(16)19/h2-6,8,10-12,15,19H,7,9,13-14H2,1H3,(H,22,24)/t15-,19-/m1/s1. The van der Waals surface area contributed by atoms with Crippen molar-refractivity contribution in [3.8, 4) is 5.75 Å². The number of ether oxygens (including phenoxy) is 2. The maximum absolute atomic E-state index is 12.4. The first kappa shape index (κ1) is 18.0. The van der Waals surface area contributed by atoms with Crippen LogP contribution in [0.3, 0.4) is 0 Å². The fraction of sp³-hybridized carbons (Fsp3) is 0.333. The van der Waals surface area contributed by atoms with Crippen molar-refractivity contribution in [1.29, 1.82) is 0 Å². The topological polar surface area (TPSA) is 64.6 Å². The van der Waals surface area contributed by atoms with Gasteiger partial charge in [0.05, 0.1) is 6.04 Å². The molecule has 136 valence electrons. The molecule has 0 bridgehead atoms. The summed E-state index contributed by atoms with van der Waals surface area (Å²) in [7, 11) is 0. The second kappa shape index (κ2) is 8.52. The number of hydrogen-bond donors (Lipinski definition) is 1. The van der Waals surface area contributed by atoms with E-state index < -0.39 is 12.1 Å². The van der Waals surface area contributed by atoms with Gasteiger partial charge in [0, 0.05) is 0 Å². The van der Waals surface area contributed by atoms with Gasteiger partial charge in [-0.05, 0) is 49.4 Å². The molecule has 26 heavy (non-hydrogen) atoms. The second-order valence-electron chi connectivity index (χ2n) is 6.39. The summed E-state index contributed by atoms with van der Waals surface area (Å²) in [6, 6.07) is 17.1. The van der Waals surface area contributed by atoms with E-state index in [-0.39, 0.29) is 18.6 Å². The van der Waals surface area contributed by atoms with E-state index in [9.17, 15) is 9.59 Å². The number of hydrogen-bond acceptors (Lipinski definition) is 4. The van der Waals surface area contributed by atoms with Crippen LogP contribution in [0.25, 0.3) is 0 Å². The normalized spacial score (nSPS) is 16.9. The molecule has 0 spiro atoms. The molecule has 1 N–H and O–H groups in total. The highest BCUT2D eigenvalue weighted by molar-refractivity contribution is 5.84. The summed E-state index contributed by atoms with van der Waals surface area (Å²) < 4.78 is 10.5. The Morgan fingerprint density at radius 2 is 1.85 bits per heavy atom. The molecule has 2 aromatic carbocycles. The van der Waals surface area contributed by atoms with E-state index in [0.717, 1.165) is 24.8 Å². The van der Waals surface area contributed by atoms with Crippen LogP contribution in [0.15, 0.2) is 54.6 Å². The number of fused-ring (bicyclic) bond motifs is 1. The lowest BCUT2D eigenvalue weighted by molar-refractivity contribution is -0.156. The molecule has 2 atom stereocenters. The lowest BCUT2D eigenvalue weighted by atomic mass is 9.87. The Hall–Kier alpha value is -2.82. The first-order valence-electron chi connectivity index (χ1n) is 8.89. The molecule has 5 nitrogen and oxygen atoms in total. The number of amides is 1. The molecule has 1 amide bonds. The van der Waals surface area contributed by atoms with Gasteiger partial charge in [-0.25, -0.2) is 4.79 Å². The van der Waals surface area contributed by atoms with E-state index in [1.54, 1.807) is 19.1 Å². The van der Waals surface area contributed by atoms with Gasteiger partial charge < -0.3 is 14.8 Å². The zero-order valence-corrected chi connectivity index (χ0v) is 14.8. The zero-order chi connectivity index (χ0) is 18.4. The van der Waals surface area contributed by atoms with E-state index in [1.165, 1.54) is 5.56 Å². The average Bonchev–Trinajstić information content (AvgIpc) is 2.67. The first-order chi connectivity index (χ1) is 12.6. The Morgan fingerprint density at radius 1 is 1.12 bits per heavy atom. The van der Waals surface area contributed by atoms with Crippen molar-refractivity contribution in [1.82, 2.24) is 5.32 Å². The van der Waals surface area contributed by atoms with Gasteiger partial charge in [0.25, 0.3) is 5.91 Å². The van der Waals surface area contributed by atoms with Crippen molar-refractivity contribution >= 4 is 11.9 Å². The Labute approximate surface area is 153 Å². The van der Waals surface area contributed by atoms with Crippen molar-refractivity contribution in [3.63, 3.8) is 0 Å². The highest BCUT2D eigenvalue weighted by Gasteiger charge is 2.25. The quantitative estimate of drug-likeness (QED) is 0.810. The Balaban J connectivity index is 1.50. The summed E-state index contributed by atoms with van der Waals surface area (Å²) in [5.74, 6) is -0.277. The third-order valence-electron chi connectivity index (χ3n) is 4.46. The number of para-hydroxylation sites is 1. The molecular weight excluding hydrogens is 330 g/mol. The van der Waals surface area contributed by atoms with Crippen LogP contribution in [0.2, 0.25) is 0 Å². The number of carbonyl (C=O) groups is 2. The largest absolute Gasteiger partial charge is 0.482 e. The van der Waals surface area contributed by atoms with E-state index in [4.69, 9.17) is 9.47 Å². The molecular formula is C21H23NO4. The highest BCUT2D eigenvalue weighted by atomic mass is 16.6. The SMILES string of the molecule is C[C@@H](OC(=O)COc1ccccc1)C(=O)N[C@@H]1CCCc2ccccc21. The van der Waals surface area contributed by atoms with Crippen LogP contribution in [-0.4, -0.2) is 24.6 Å². The number of benzene rings is 2. The van der Waals surface area contributed by atoms with Gasteiger partial charge in [0.15, 0.2) is 12.7 Å². The molecule has 5 heteroatoms. The van der Waals surface area contributed by atoms with Gasteiger partial charge >= 0.3 is 5.97 Å². The maximum Gasteiger partial charge on any atom is 0.344 e. The molecule has 0 radical (unpaired) electrons. The van der Waals surface area contributed by atoms with Crippen LogP contribution >= 0.6 is 0 Å². The predicted octanol–water partition coefficient (Wildman–Crippen LogP) is 3.19. The van der Waals surface area contributed by atoms with Crippen molar-refractivity contribution in [3.05, 3.63) is 65.7 Å². The van der Waals surface area contributed by atoms with Crippen LogP contribution in [-0.2, 0) is 20.7 Å². The van der Waals surface area contributed by atoms with Crippen molar-refractivity contribution < 1.29 is 19.1 Å². The molecule has 2 aromatic rings. The summed E-state index contributed by atoms with van der Waals surface area (Å²) in [6.45, 7) is 1.35. The Kier molecular flexibility index (Phi) is 5.89. The van der Waals surface area contributed by atoms with Crippen molar-refractivity contribution in [2.75, 3.05) is 6.61 Å². The fourth-order valence-corrected chi connectivity index (χ4v) is 3.14. The van der Waals surface area contributed by atoms with Gasteiger partial charge in [0.2, 0.25) is 0 Å². The molecule has 0 heterocycles. The van der Waals surface area contributed by atoms with E-state index in [1.807, 2.05) is 36.4 Å². The third-order valence-corrected chi connectivity index (χ3v) is 4.46. The molecule has 0 unspecified atom stereocenters. The van der Waals surface area contributed by atoms with E-state index >= 15 is 0 Å². The van der Waals surface area contributed by atoms with Crippen LogP contribution < -0.4 is 10.1 Å². The number of aryl methyl sites for hydroxylation is 1. The second-order valence-corrected chi connectivity index (χ2v) is 6.39. The summed E-state index contributed by atoms with van der Waals surface area (Å²) in [5.41, 5.74) is 2.42. The third kappa shape index (κ3) is 4.63. The summed E-state index contributed by atoms with van der Waals surface area (Å²) in [6.07, 6.45) is 2.09. The molecule has 0 aromatic heterocycles. The number of rotatable bonds is 6. The molecule has 0 aliphatic heterocycles. The van der Waals surface area contributed by atoms with E-state index in [2.05, 4.69) is 11.4 Å². The van der Waals surface area contributed by atoms with Gasteiger partial charge in [-0.15, -0.1) is 0 Å². The highest BCUT2D eigenvalue weighted by Crippen LogP contribution is 2.29. The van der Waals surface area contributed by atoms with Crippen LogP contribution in [0.4, 0.5) is 0 Å². The van der Waals surface area contributed by atoms with Gasteiger partial charge in [-0.1, -0.05) is 42.5 Å². The number of carbonyl (C=O) groups excluding carboxylic acids is 2. The van der Waals surface area contributed by atoms with Gasteiger partial charge in [0.1, 0.15) is 5.75 Å². The Bertz CT molecular complexity index is 760. The minimum atomic E-state index is -0.865. The predicted molar refractivity (Wildman–Crippen MR) is 97.8 cm³/mol. The fourth-order valence-electron chi connectivity index (χ4n) is 3.14. The minimum Gasteiger partial charge on any atom is -0.482 e. The monoisotopic (exact) mass is 353 g/mol. The lowest BCUT2D eigenvalue weighted by Crippen LogP contribution is -2.39. The molecule has 0 saturated heterocycles. The van der Waals surface area contributed by atoms with E-state index in [0.29, 0.717) is 5.75 Å². The van der Waals surface area contributed by atoms with Crippen molar-refractivity contribution in [2.24, 2.45) is 0 Å². The first-order valence-corrected chi connectivity index (χ1v) is 8.89. The number of nitrogens with one attached hydrogen (secondary N) is 1.